The quantitative estimate of drug-likeness (QED) is 0.892. The first kappa shape index (κ1) is 12.6. The van der Waals surface area contributed by atoms with Crippen molar-refractivity contribution in [2.75, 3.05) is 13.2 Å². The van der Waals surface area contributed by atoms with Crippen molar-refractivity contribution in [3.8, 4) is 0 Å². The van der Waals surface area contributed by atoms with Crippen molar-refractivity contribution >= 4 is 15.9 Å². The van der Waals surface area contributed by atoms with Crippen LogP contribution < -0.4 is 0 Å². The number of pyridine rings is 1. The monoisotopic (exact) mass is 272 g/mol. The van der Waals surface area contributed by atoms with Gasteiger partial charge in [-0.1, -0.05) is 0 Å². The maximum atomic E-state index is 8.94. The van der Waals surface area contributed by atoms with Crippen LogP contribution in [0.2, 0.25) is 0 Å². The van der Waals surface area contributed by atoms with E-state index in [4.69, 9.17) is 5.11 Å². The molecule has 0 aromatic carbocycles. The van der Waals surface area contributed by atoms with Gasteiger partial charge in [0.15, 0.2) is 0 Å². The Kier molecular flexibility index (Phi) is 5.22. The standard InChI is InChI=1S/C11H17BrN2O/c1-9(2)14(5-6-15)8-11-4-3-10(12)7-13-11/h3-4,7,9,15H,5-6,8H2,1-2H3. The second-order valence-electron chi connectivity index (χ2n) is 3.76. The lowest BCUT2D eigenvalue weighted by atomic mass is 10.2. The number of hydrogen-bond acceptors (Lipinski definition) is 3. The molecule has 0 aliphatic carbocycles. The van der Waals surface area contributed by atoms with E-state index in [1.165, 1.54) is 0 Å². The summed E-state index contributed by atoms with van der Waals surface area (Å²) in [7, 11) is 0. The highest BCUT2D eigenvalue weighted by atomic mass is 79.9. The Bertz CT molecular complexity index is 287. The molecule has 1 N–H and O–H groups in total. The summed E-state index contributed by atoms with van der Waals surface area (Å²) < 4.78 is 0.990. The van der Waals surface area contributed by atoms with Crippen LogP contribution in [0.5, 0.6) is 0 Å². The summed E-state index contributed by atoms with van der Waals surface area (Å²) in [6, 6.07) is 4.40. The van der Waals surface area contributed by atoms with Gasteiger partial charge in [-0.2, -0.15) is 0 Å². The van der Waals surface area contributed by atoms with Crippen LogP contribution in [0.1, 0.15) is 19.5 Å². The molecule has 84 valence electrons. The highest BCUT2D eigenvalue weighted by molar-refractivity contribution is 9.10. The molecular formula is C11H17BrN2O. The number of aliphatic hydroxyl groups excluding tert-OH is 1. The van der Waals surface area contributed by atoms with E-state index in [0.29, 0.717) is 12.6 Å². The average Bonchev–Trinajstić information content (AvgIpc) is 2.20. The topological polar surface area (TPSA) is 36.4 Å². The minimum absolute atomic E-state index is 0.189. The molecule has 1 heterocycles. The van der Waals surface area contributed by atoms with E-state index < -0.39 is 0 Å². The fourth-order valence-corrected chi connectivity index (χ4v) is 1.59. The minimum atomic E-state index is 0.189. The smallest absolute Gasteiger partial charge is 0.0558 e. The van der Waals surface area contributed by atoms with Gasteiger partial charge >= 0.3 is 0 Å². The molecule has 0 amide bonds. The third-order valence-corrected chi connectivity index (χ3v) is 2.74. The molecule has 15 heavy (non-hydrogen) atoms. The van der Waals surface area contributed by atoms with Crippen molar-refractivity contribution in [2.45, 2.75) is 26.4 Å². The van der Waals surface area contributed by atoms with E-state index in [1.807, 2.05) is 12.1 Å². The summed E-state index contributed by atoms with van der Waals surface area (Å²) in [5.74, 6) is 0. The molecule has 1 aromatic rings. The Morgan fingerprint density at radius 2 is 2.20 bits per heavy atom. The zero-order valence-corrected chi connectivity index (χ0v) is 10.7. The third-order valence-electron chi connectivity index (χ3n) is 2.27. The SMILES string of the molecule is CC(C)N(CCO)Cc1ccc(Br)cn1. The van der Waals surface area contributed by atoms with Gasteiger partial charge in [-0.25, -0.2) is 0 Å². The second-order valence-corrected chi connectivity index (χ2v) is 4.67. The highest BCUT2D eigenvalue weighted by Crippen LogP contribution is 2.10. The summed E-state index contributed by atoms with van der Waals surface area (Å²) >= 11 is 3.36. The van der Waals surface area contributed by atoms with Crippen molar-refractivity contribution in [1.29, 1.82) is 0 Å². The minimum Gasteiger partial charge on any atom is -0.395 e. The van der Waals surface area contributed by atoms with Gasteiger partial charge in [0, 0.05) is 29.8 Å². The van der Waals surface area contributed by atoms with E-state index in [1.54, 1.807) is 6.20 Å². The number of nitrogens with zero attached hydrogens (tertiary/aromatic N) is 2. The molecule has 0 fully saturated rings. The molecule has 0 saturated carbocycles. The number of aliphatic hydroxyl groups is 1. The third kappa shape index (κ3) is 4.28. The molecule has 4 heteroatoms. The zero-order chi connectivity index (χ0) is 11.3. The van der Waals surface area contributed by atoms with Crippen LogP contribution in [-0.4, -0.2) is 34.2 Å². The molecule has 0 aliphatic rings. The lowest BCUT2D eigenvalue weighted by Gasteiger charge is -2.24. The molecular weight excluding hydrogens is 256 g/mol. The molecule has 1 aromatic heterocycles. The first-order chi connectivity index (χ1) is 7.13. The number of hydrogen-bond donors (Lipinski definition) is 1. The molecule has 0 bridgehead atoms. The molecule has 0 radical (unpaired) electrons. The molecule has 0 saturated heterocycles. The van der Waals surface area contributed by atoms with Gasteiger partial charge in [-0.3, -0.25) is 9.88 Å². The van der Waals surface area contributed by atoms with Crippen LogP contribution in [0.4, 0.5) is 0 Å². The molecule has 0 spiro atoms. The average molecular weight is 273 g/mol. The Hall–Kier alpha value is -0.450. The summed E-state index contributed by atoms with van der Waals surface area (Å²) in [4.78, 5) is 6.50. The predicted molar refractivity (Wildman–Crippen MR) is 64.6 cm³/mol. The van der Waals surface area contributed by atoms with Gasteiger partial charge in [0.2, 0.25) is 0 Å². The van der Waals surface area contributed by atoms with Crippen LogP contribution in [0.3, 0.4) is 0 Å². The van der Waals surface area contributed by atoms with E-state index >= 15 is 0 Å². The normalized spacial score (nSPS) is 11.3. The zero-order valence-electron chi connectivity index (χ0n) is 9.15. The van der Waals surface area contributed by atoms with Gasteiger partial charge < -0.3 is 5.11 Å². The number of aromatic nitrogens is 1. The van der Waals surface area contributed by atoms with E-state index in [2.05, 4.69) is 39.7 Å². The fraction of sp³-hybridized carbons (Fsp3) is 0.545. The lowest BCUT2D eigenvalue weighted by molar-refractivity contribution is 0.158. The maximum Gasteiger partial charge on any atom is 0.0558 e. The molecule has 0 unspecified atom stereocenters. The summed E-state index contributed by atoms with van der Waals surface area (Å²) in [6.07, 6.45) is 1.80. The van der Waals surface area contributed by atoms with E-state index in [-0.39, 0.29) is 6.61 Å². The molecule has 0 aliphatic heterocycles. The second kappa shape index (κ2) is 6.20. The van der Waals surface area contributed by atoms with Crippen LogP contribution >= 0.6 is 15.9 Å². The Morgan fingerprint density at radius 3 is 2.67 bits per heavy atom. The largest absolute Gasteiger partial charge is 0.395 e. The maximum absolute atomic E-state index is 8.94. The summed E-state index contributed by atoms with van der Waals surface area (Å²) in [5, 5.41) is 8.94. The summed E-state index contributed by atoms with van der Waals surface area (Å²) in [6.45, 7) is 5.90. The van der Waals surface area contributed by atoms with E-state index in [9.17, 15) is 0 Å². The van der Waals surface area contributed by atoms with Crippen LogP contribution in [0, 0.1) is 0 Å². The van der Waals surface area contributed by atoms with Gasteiger partial charge in [0.25, 0.3) is 0 Å². The van der Waals surface area contributed by atoms with Gasteiger partial charge in [0.05, 0.1) is 12.3 Å². The molecule has 3 nitrogen and oxygen atoms in total. The highest BCUT2D eigenvalue weighted by Gasteiger charge is 2.09. The van der Waals surface area contributed by atoms with Gasteiger partial charge in [0.1, 0.15) is 0 Å². The lowest BCUT2D eigenvalue weighted by Crippen LogP contribution is -2.33. The van der Waals surface area contributed by atoms with Crippen molar-refractivity contribution < 1.29 is 5.11 Å². The number of rotatable bonds is 5. The number of halogens is 1. The van der Waals surface area contributed by atoms with Gasteiger partial charge in [-0.15, -0.1) is 0 Å². The van der Waals surface area contributed by atoms with Crippen LogP contribution in [0.25, 0.3) is 0 Å². The van der Waals surface area contributed by atoms with Crippen molar-refractivity contribution in [3.63, 3.8) is 0 Å². The van der Waals surface area contributed by atoms with E-state index in [0.717, 1.165) is 16.7 Å². The Balaban J connectivity index is 2.61. The fourth-order valence-electron chi connectivity index (χ4n) is 1.36. The first-order valence-electron chi connectivity index (χ1n) is 5.09. The molecule has 0 atom stereocenters. The Labute approximate surface area is 99.3 Å². The Morgan fingerprint density at radius 1 is 1.47 bits per heavy atom. The van der Waals surface area contributed by atoms with Crippen molar-refractivity contribution in [2.24, 2.45) is 0 Å². The molecule has 1 rings (SSSR count). The first-order valence-corrected chi connectivity index (χ1v) is 5.88. The van der Waals surface area contributed by atoms with Crippen molar-refractivity contribution in [3.05, 3.63) is 28.5 Å². The van der Waals surface area contributed by atoms with Crippen LogP contribution in [-0.2, 0) is 6.54 Å². The van der Waals surface area contributed by atoms with Crippen LogP contribution in [0.15, 0.2) is 22.8 Å². The predicted octanol–water partition coefficient (Wildman–Crippen LogP) is 2.05. The van der Waals surface area contributed by atoms with Crippen molar-refractivity contribution in [1.82, 2.24) is 9.88 Å². The summed E-state index contributed by atoms with van der Waals surface area (Å²) in [5.41, 5.74) is 1.03. The van der Waals surface area contributed by atoms with Gasteiger partial charge in [-0.05, 0) is 41.9 Å².